The minimum atomic E-state index is -0.528. The van der Waals surface area contributed by atoms with Crippen molar-refractivity contribution in [2.75, 3.05) is 18.6 Å². The molecule has 0 aromatic heterocycles. The van der Waals surface area contributed by atoms with Crippen LogP contribution < -0.4 is 15.0 Å². The molecule has 0 radical (unpaired) electrons. The second-order valence-corrected chi connectivity index (χ2v) is 7.45. The van der Waals surface area contributed by atoms with Crippen molar-refractivity contribution in [2.45, 2.75) is 38.3 Å². The number of methoxy groups -OCH3 is 1. The van der Waals surface area contributed by atoms with Gasteiger partial charge in [0.25, 0.3) is 0 Å². The summed E-state index contributed by atoms with van der Waals surface area (Å²) in [5.41, 5.74) is 1.53. The number of nitrogens with one attached hydrogen (secondary N) is 1. The van der Waals surface area contributed by atoms with Gasteiger partial charge in [-0.3, -0.25) is 4.79 Å². The van der Waals surface area contributed by atoms with Crippen LogP contribution in [0.4, 0.5) is 10.1 Å². The molecule has 2 N–H and O–H groups in total. The van der Waals surface area contributed by atoms with Crippen molar-refractivity contribution >= 4 is 23.2 Å². The Labute approximate surface area is 169 Å². The van der Waals surface area contributed by atoms with E-state index in [1.165, 1.54) is 19.2 Å². The minimum Gasteiger partial charge on any atom is -0.504 e. The number of carbonyl (C=O) groups excluding carboxylic acids is 1. The van der Waals surface area contributed by atoms with Crippen molar-refractivity contribution in [1.29, 1.82) is 0 Å². The van der Waals surface area contributed by atoms with E-state index >= 15 is 0 Å². The van der Waals surface area contributed by atoms with E-state index in [0.29, 0.717) is 24.4 Å². The van der Waals surface area contributed by atoms with Gasteiger partial charge in [-0.1, -0.05) is 17.7 Å². The number of phenolic OH excluding ortho intramolecular Hbond substituents is 1. The van der Waals surface area contributed by atoms with Crippen LogP contribution in [0.2, 0.25) is 5.02 Å². The lowest BCUT2D eigenvalue weighted by molar-refractivity contribution is -0.119. The van der Waals surface area contributed by atoms with E-state index in [1.54, 1.807) is 23.1 Å². The Bertz CT molecular complexity index is 862. The molecule has 3 rings (SSSR count). The SMILES string of the molecule is COc1ccc(CCC(C)NC2CCN(c3ccc(Cl)c(F)c3)C2=O)cc1O. The zero-order valence-electron chi connectivity index (χ0n) is 15.9. The summed E-state index contributed by atoms with van der Waals surface area (Å²) in [5, 5.41) is 13.3. The van der Waals surface area contributed by atoms with Gasteiger partial charge in [0.15, 0.2) is 11.5 Å². The molecule has 2 atom stereocenters. The van der Waals surface area contributed by atoms with Gasteiger partial charge < -0.3 is 20.1 Å². The molecule has 0 aliphatic carbocycles. The Morgan fingerprint density at radius 1 is 1.36 bits per heavy atom. The molecule has 1 fully saturated rings. The standard InChI is InChI=1S/C21H24ClFN2O3/c1-13(3-4-14-5-8-20(28-2)19(26)11-14)24-18-9-10-25(21(18)27)15-6-7-16(22)17(23)12-15/h5-8,11-13,18,24,26H,3-4,9-10H2,1-2H3. The molecular weight excluding hydrogens is 383 g/mol. The Morgan fingerprint density at radius 2 is 2.14 bits per heavy atom. The second kappa shape index (κ2) is 8.80. The van der Waals surface area contributed by atoms with Crippen molar-refractivity contribution in [3.05, 3.63) is 52.8 Å². The highest BCUT2D eigenvalue weighted by molar-refractivity contribution is 6.30. The number of amides is 1. The van der Waals surface area contributed by atoms with Gasteiger partial charge in [0.05, 0.1) is 18.2 Å². The number of ether oxygens (including phenoxy) is 1. The van der Waals surface area contributed by atoms with Gasteiger partial charge in [-0.2, -0.15) is 0 Å². The lowest BCUT2D eigenvalue weighted by Gasteiger charge is -2.20. The Hall–Kier alpha value is -2.31. The Balaban J connectivity index is 1.54. The maximum Gasteiger partial charge on any atom is 0.244 e. The van der Waals surface area contributed by atoms with Crippen LogP contribution in [-0.4, -0.2) is 36.8 Å². The largest absolute Gasteiger partial charge is 0.504 e. The summed E-state index contributed by atoms with van der Waals surface area (Å²) in [6.07, 6.45) is 2.24. The number of carbonyl (C=O) groups is 1. The molecule has 0 bridgehead atoms. The van der Waals surface area contributed by atoms with Gasteiger partial charge in [-0.25, -0.2) is 4.39 Å². The van der Waals surface area contributed by atoms with E-state index in [4.69, 9.17) is 16.3 Å². The van der Waals surface area contributed by atoms with E-state index in [2.05, 4.69) is 5.32 Å². The number of anilines is 1. The van der Waals surface area contributed by atoms with Crippen LogP contribution >= 0.6 is 11.6 Å². The monoisotopic (exact) mass is 406 g/mol. The molecule has 28 heavy (non-hydrogen) atoms. The number of benzene rings is 2. The van der Waals surface area contributed by atoms with Crippen molar-refractivity contribution in [3.8, 4) is 11.5 Å². The zero-order valence-corrected chi connectivity index (χ0v) is 16.7. The summed E-state index contributed by atoms with van der Waals surface area (Å²) >= 11 is 5.72. The molecule has 0 spiro atoms. The molecule has 2 unspecified atom stereocenters. The van der Waals surface area contributed by atoms with Crippen LogP contribution in [-0.2, 0) is 11.2 Å². The first-order valence-electron chi connectivity index (χ1n) is 9.27. The normalized spacial score (nSPS) is 17.8. The van der Waals surface area contributed by atoms with E-state index < -0.39 is 5.82 Å². The molecule has 7 heteroatoms. The molecule has 1 saturated heterocycles. The molecule has 1 aliphatic rings. The van der Waals surface area contributed by atoms with Crippen molar-refractivity contribution in [2.24, 2.45) is 0 Å². The number of rotatable bonds is 7. The van der Waals surface area contributed by atoms with Crippen LogP contribution in [0.5, 0.6) is 11.5 Å². The fraction of sp³-hybridized carbons (Fsp3) is 0.381. The Kier molecular flexibility index (Phi) is 6.42. The van der Waals surface area contributed by atoms with Crippen LogP contribution in [0.1, 0.15) is 25.3 Å². The third kappa shape index (κ3) is 4.56. The van der Waals surface area contributed by atoms with Crippen LogP contribution in [0.3, 0.4) is 0 Å². The first-order valence-corrected chi connectivity index (χ1v) is 9.65. The summed E-state index contributed by atoms with van der Waals surface area (Å²) < 4.78 is 18.7. The van der Waals surface area contributed by atoms with Gasteiger partial charge in [-0.15, -0.1) is 0 Å². The molecule has 5 nitrogen and oxygen atoms in total. The van der Waals surface area contributed by atoms with E-state index in [0.717, 1.165) is 18.4 Å². The Morgan fingerprint density at radius 3 is 2.82 bits per heavy atom. The smallest absolute Gasteiger partial charge is 0.244 e. The maximum absolute atomic E-state index is 13.7. The third-order valence-corrected chi connectivity index (χ3v) is 5.32. The van der Waals surface area contributed by atoms with Crippen LogP contribution in [0.15, 0.2) is 36.4 Å². The number of aromatic hydroxyl groups is 1. The van der Waals surface area contributed by atoms with Gasteiger partial charge in [-0.05, 0) is 62.1 Å². The van der Waals surface area contributed by atoms with E-state index in [-0.39, 0.29) is 28.8 Å². The van der Waals surface area contributed by atoms with Crippen LogP contribution in [0.25, 0.3) is 0 Å². The number of hydrogen-bond donors (Lipinski definition) is 2. The van der Waals surface area contributed by atoms with E-state index in [9.17, 15) is 14.3 Å². The summed E-state index contributed by atoms with van der Waals surface area (Å²) in [7, 11) is 1.51. The predicted octanol–water partition coefficient (Wildman–Crippen LogP) is 3.91. The molecule has 150 valence electrons. The number of phenols is 1. The van der Waals surface area contributed by atoms with Crippen LogP contribution in [0, 0.1) is 5.82 Å². The average molecular weight is 407 g/mol. The predicted molar refractivity (Wildman–Crippen MR) is 108 cm³/mol. The number of nitrogens with zero attached hydrogens (tertiary/aromatic N) is 1. The number of halogens is 2. The average Bonchev–Trinajstić information content (AvgIpc) is 3.03. The highest BCUT2D eigenvalue weighted by Crippen LogP contribution is 2.28. The third-order valence-electron chi connectivity index (χ3n) is 5.02. The summed E-state index contributed by atoms with van der Waals surface area (Å²) in [6, 6.07) is 9.59. The quantitative estimate of drug-likeness (QED) is 0.731. The second-order valence-electron chi connectivity index (χ2n) is 7.04. The lowest BCUT2D eigenvalue weighted by atomic mass is 10.0. The molecule has 1 aliphatic heterocycles. The molecular formula is C21H24ClFN2O3. The lowest BCUT2D eigenvalue weighted by Crippen LogP contribution is -2.42. The fourth-order valence-electron chi connectivity index (χ4n) is 3.44. The minimum absolute atomic E-state index is 0.0447. The molecule has 0 saturated carbocycles. The highest BCUT2D eigenvalue weighted by Gasteiger charge is 2.33. The summed E-state index contributed by atoms with van der Waals surface area (Å²) in [6.45, 7) is 2.57. The van der Waals surface area contributed by atoms with Crippen molar-refractivity contribution in [1.82, 2.24) is 5.32 Å². The highest BCUT2D eigenvalue weighted by atomic mass is 35.5. The molecule has 1 amide bonds. The molecule has 2 aromatic rings. The van der Waals surface area contributed by atoms with Crippen molar-refractivity contribution in [3.63, 3.8) is 0 Å². The van der Waals surface area contributed by atoms with E-state index in [1.807, 2.05) is 13.0 Å². The fourth-order valence-corrected chi connectivity index (χ4v) is 3.56. The maximum atomic E-state index is 13.7. The van der Waals surface area contributed by atoms with Gasteiger partial charge >= 0.3 is 0 Å². The van der Waals surface area contributed by atoms with Gasteiger partial charge in [0.1, 0.15) is 5.82 Å². The topological polar surface area (TPSA) is 61.8 Å². The summed E-state index contributed by atoms with van der Waals surface area (Å²) in [5.74, 6) is -0.0159. The number of hydrogen-bond acceptors (Lipinski definition) is 4. The molecule has 1 heterocycles. The first kappa shape index (κ1) is 20.4. The summed E-state index contributed by atoms with van der Waals surface area (Å²) in [4.78, 5) is 14.3. The van der Waals surface area contributed by atoms with Gasteiger partial charge in [0.2, 0.25) is 5.91 Å². The zero-order chi connectivity index (χ0) is 20.3. The van der Waals surface area contributed by atoms with Gasteiger partial charge in [0, 0.05) is 18.3 Å². The molecule has 2 aromatic carbocycles. The first-order chi connectivity index (χ1) is 13.4. The number of aryl methyl sites for hydroxylation is 1. The van der Waals surface area contributed by atoms with Crippen molar-refractivity contribution < 1.29 is 19.0 Å².